The van der Waals surface area contributed by atoms with E-state index in [0.717, 1.165) is 0 Å². The molecular formula is C23H22BrClFNO3. The van der Waals surface area contributed by atoms with Crippen molar-refractivity contribution in [3.63, 3.8) is 0 Å². The Morgan fingerprint density at radius 1 is 1.23 bits per heavy atom. The number of carboxylic acid groups (broad SMARTS) is 1. The third kappa shape index (κ3) is 4.36. The largest absolute Gasteiger partial charge is 0.479 e. The molecular weight excluding hydrogens is 473 g/mol. The zero-order valence-electron chi connectivity index (χ0n) is 17.3. The summed E-state index contributed by atoms with van der Waals surface area (Å²) in [6.45, 7) is 8.75. The Labute approximate surface area is 188 Å². The summed E-state index contributed by atoms with van der Waals surface area (Å²) < 4.78 is 21.0. The first-order valence-corrected chi connectivity index (χ1v) is 10.5. The van der Waals surface area contributed by atoms with Crippen LogP contribution in [0.4, 0.5) is 4.39 Å². The molecule has 2 aromatic carbocycles. The molecule has 3 rings (SSSR count). The van der Waals surface area contributed by atoms with E-state index in [1.807, 2.05) is 0 Å². The van der Waals surface area contributed by atoms with Gasteiger partial charge < -0.3 is 9.84 Å². The minimum absolute atomic E-state index is 0.333. The second kappa shape index (κ2) is 8.25. The standard InChI is InChI=1S/C23H22BrClFNO3/c1-11-14(7-8-16(24)20(11)26)19-15-10-13(25)6-9-17(15)27-12(2)18(19)21(22(28)29)30-23(3,4)5/h6-10,21H,1-5H3,(H,28,29)/t21-/m0/s1. The van der Waals surface area contributed by atoms with Crippen LogP contribution < -0.4 is 0 Å². The molecule has 0 radical (unpaired) electrons. The molecule has 1 atom stereocenters. The first-order valence-electron chi connectivity index (χ1n) is 9.36. The highest BCUT2D eigenvalue weighted by Crippen LogP contribution is 2.42. The Morgan fingerprint density at radius 2 is 1.90 bits per heavy atom. The van der Waals surface area contributed by atoms with Gasteiger partial charge in [0.15, 0.2) is 6.10 Å². The predicted octanol–water partition coefficient (Wildman–Crippen LogP) is 7.01. The monoisotopic (exact) mass is 493 g/mol. The van der Waals surface area contributed by atoms with Crippen molar-refractivity contribution < 1.29 is 19.0 Å². The van der Waals surface area contributed by atoms with Gasteiger partial charge in [0.25, 0.3) is 0 Å². The average molecular weight is 495 g/mol. The molecule has 0 aliphatic rings. The van der Waals surface area contributed by atoms with Gasteiger partial charge >= 0.3 is 5.97 Å². The number of nitrogens with zero attached hydrogens (tertiary/aromatic N) is 1. The topological polar surface area (TPSA) is 59.4 Å². The molecule has 0 saturated carbocycles. The van der Waals surface area contributed by atoms with Gasteiger partial charge in [-0.15, -0.1) is 0 Å². The smallest absolute Gasteiger partial charge is 0.337 e. The molecule has 7 heteroatoms. The fourth-order valence-corrected chi connectivity index (χ4v) is 4.09. The Hall–Kier alpha value is -2.02. The van der Waals surface area contributed by atoms with Crippen LogP contribution in [0.25, 0.3) is 22.0 Å². The average Bonchev–Trinajstić information content (AvgIpc) is 2.64. The number of hydrogen-bond donors (Lipinski definition) is 1. The summed E-state index contributed by atoms with van der Waals surface area (Å²) in [5, 5.41) is 11.1. The van der Waals surface area contributed by atoms with Gasteiger partial charge in [-0.1, -0.05) is 17.7 Å². The molecule has 0 bridgehead atoms. The number of halogens is 3. The summed E-state index contributed by atoms with van der Waals surface area (Å²) in [4.78, 5) is 16.9. The number of benzene rings is 2. The number of rotatable bonds is 4. The minimum atomic E-state index is -1.29. The van der Waals surface area contributed by atoms with Gasteiger partial charge in [0.1, 0.15) is 5.82 Å². The van der Waals surface area contributed by atoms with Crippen LogP contribution in [-0.2, 0) is 9.53 Å². The van der Waals surface area contributed by atoms with E-state index in [0.29, 0.717) is 48.3 Å². The zero-order chi connectivity index (χ0) is 22.4. The molecule has 0 aliphatic heterocycles. The van der Waals surface area contributed by atoms with E-state index in [9.17, 15) is 14.3 Å². The van der Waals surface area contributed by atoms with Crippen molar-refractivity contribution in [2.75, 3.05) is 0 Å². The molecule has 30 heavy (non-hydrogen) atoms. The van der Waals surface area contributed by atoms with Gasteiger partial charge in [-0.25, -0.2) is 9.18 Å². The Morgan fingerprint density at radius 3 is 2.50 bits per heavy atom. The summed E-state index contributed by atoms with van der Waals surface area (Å²) in [5.74, 6) is -1.56. The van der Waals surface area contributed by atoms with Crippen molar-refractivity contribution in [1.82, 2.24) is 4.98 Å². The van der Waals surface area contributed by atoms with E-state index < -0.39 is 23.5 Å². The van der Waals surface area contributed by atoms with Crippen molar-refractivity contribution in [3.8, 4) is 11.1 Å². The van der Waals surface area contributed by atoms with Crippen molar-refractivity contribution >= 4 is 44.4 Å². The lowest BCUT2D eigenvalue weighted by molar-refractivity contribution is -0.160. The Kier molecular flexibility index (Phi) is 6.23. The van der Waals surface area contributed by atoms with Crippen LogP contribution in [0.1, 0.15) is 43.7 Å². The highest BCUT2D eigenvalue weighted by molar-refractivity contribution is 9.10. The van der Waals surface area contributed by atoms with Crippen LogP contribution >= 0.6 is 27.5 Å². The van der Waals surface area contributed by atoms with Gasteiger partial charge in [0.05, 0.1) is 15.6 Å². The lowest BCUT2D eigenvalue weighted by atomic mass is 9.89. The van der Waals surface area contributed by atoms with Crippen LogP contribution in [0.5, 0.6) is 0 Å². The van der Waals surface area contributed by atoms with E-state index in [1.54, 1.807) is 65.0 Å². The van der Waals surface area contributed by atoms with E-state index in [1.165, 1.54) is 0 Å². The highest BCUT2D eigenvalue weighted by atomic mass is 79.9. The lowest BCUT2D eigenvalue weighted by Crippen LogP contribution is -2.28. The van der Waals surface area contributed by atoms with Crippen LogP contribution in [0, 0.1) is 19.7 Å². The molecule has 0 saturated heterocycles. The first kappa shape index (κ1) is 22.7. The molecule has 0 fully saturated rings. The van der Waals surface area contributed by atoms with E-state index >= 15 is 0 Å². The van der Waals surface area contributed by atoms with Gasteiger partial charge in [-0.05, 0) is 91.5 Å². The van der Waals surface area contributed by atoms with Gasteiger partial charge in [-0.3, -0.25) is 4.98 Å². The summed E-state index contributed by atoms with van der Waals surface area (Å²) in [5.41, 5.74) is 2.30. The third-order valence-electron chi connectivity index (χ3n) is 4.74. The molecule has 1 N–H and O–H groups in total. The maximum absolute atomic E-state index is 14.8. The number of carboxylic acids is 1. The normalized spacial score (nSPS) is 12.9. The SMILES string of the molecule is Cc1nc2ccc(Cl)cc2c(-c2ccc(Br)c(F)c2C)c1[C@H](OC(C)(C)C)C(=O)O. The molecule has 0 aliphatic carbocycles. The van der Waals surface area contributed by atoms with Crippen molar-refractivity contribution in [3.05, 3.63) is 62.5 Å². The fourth-order valence-electron chi connectivity index (χ4n) is 3.49. The van der Waals surface area contributed by atoms with Crippen molar-refractivity contribution in [2.45, 2.75) is 46.3 Å². The molecule has 1 heterocycles. The second-order valence-electron chi connectivity index (χ2n) is 8.13. The second-order valence-corrected chi connectivity index (χ2v) is 9.42. The third-order valence-corrected chi connectivity index (χ3v) is 5.59. The van der Waals surface area contributed by atoms with Crippen LogP contribution in [-0.4, -0.2) is 21.7 Å². The predicted molar refractivity (Wildman–Crippen MR) is 121 cm³/mol. The highest BCUT2D eigenvalue weighted by Gasteiger charge is 2.33. The number of aromatic nitrogens is 1. The van der Waals surface area contributed by atoms with Gasteiger partial charge in [0, 0.05) is 21.7 Å². The molecule has 4 nitrogen and oxygen atoms in total. The molecule has 0 spiro atoms. The molecule has 3 aromatic rings. The number of aliphatic carboxylic acids is 1. The van der Waals surface area contributed by atoms with Crippen LogP contribution in [0.15, 0.2) is 34.8 Å². The summed E-state index contributed by atoms with van der Waals surface area (Å²) in [6, 6.07) is 8.57. The van der Waals surface area contributed by atoms with E-state index in [4.69, 9.17) is 16.3 Å². The maximum atomic E-state index is 14.8. The number of fused-ring (bicyclic) bond motifs is 1. The molecule has 0 unspecified atom stereocenters. The molecule has 158 valence electrons. The van der Waals surface area contributed by atoms with Crippen molar-refractivity contribution in [1.29, 1.82) is 0 Å². The van der Waals surface area contributed by atoms with Crippen LogP contribution in [0.3, 0.4) is 0 Å². The summed E-state index contributed by atoms with van der Waals surface area (Å²) in [6.07, 6.45) is -1.29. The van der Waals surface area contributed by atoms with Gasteiger partial charge in [-0.2, -0.15) is 0 Å². The molecule has 1 aromatic heterocycles. The number of carbonyl (C=O) groups is 1. The Bertz CT molecular complexity index is 1160. The van der Waals surface area contributed by atoms with Gasteiger partial charge in [0.2, 0.25) is 0 Å². The summed E-state index contributed by atoms with van der Waals surface area (Å²) in [7, 11) is 0. The van der Waals surface area contributed by atoms with E-state index in [2.05, 4.69) is 20.9 Å². The minimum Gasteiger partial charge on any atom is -0.479 e. The Balaban J connectivity index is 2.49. The lowest BCUT2D eigenvalue weighted by Gasteiger charge is -2.28. The van der Waals surface area contributed by atoms with Crippen LogP contribution in [0.2, 0.25) is 5.02 Å². The number of aryl methyl sites for hydroxylation is 1. The fraction of sp³-hybridized carbons (Fsp3) is 0.304. The van der Waals surface area contributed by atoms with E-state index in [-0.39, 0.29) is 0 Å². The summed E-state index contributed by atoms with van der Waals surface area (Å²) >= 11 is 9.47. The number of pyridine rings is 1. The molecule has 0 amide bonds. The van der Waals surface area contributed by atoms with Crippen molar-refractivity contribution in [2.24, 2.45) is 0 Å². The first-order chi connectivity index (χ1) is 13.9. The number of ether oxygens (including phenoxy) is 1. The quantitative estimate of drug-likeness (QED) is 0.423. The number of hydrogen-bond acceptors (Lipinski definition) is 3. The zero-order valence-corrected chi connectivity index (χ0v) is 19.7. The maximum Gasteiger partial charge on any atom is 0.337 e.